The van der Waals surface area contributed by atoms with Gasteiger partial charge in [0.2, 0.25) is 11.8 Å². The van der Waals surface area contributed by atoms with Crippen LogP contribution in [0.1, 0.15) is 35.5 Å². The molecule has 2 aromatic rings. The average molecular weight is 348 g/mol. The first-order valence-electron chi connectivity index (χ1n) is 8.34. The Labute approximate surface area is 146 Å². The van der Waals surface area contributed by atoms with E-state index in [1.54, 1.807) is 13.8 Å². The molecule has 1 amide bonds. The molecule has 7 heteroatoms. The normalized spacial score (nSPS) is 18.2. The Hall–Kier alpha value is -1.73. The van der Waals surface area contributed by atoms with Crippen molar-refractivity contribution in [3.63, 3.8) is 0 Å². The highest BCUT2D eigenvalue weighted by atomic mass is 32.1. The second kappa shape index (κ2) is 7.44. The van der Waals surface area contributed by atoms with Crippen LogP contribution < -0.4 is 0 Å². The fraction of sp³-hybridized carbons (Fsp3) is 0.588. The number of thiophene rings is 1. The molecule has 1 atom stereocenters. The van der Waals surface area contributed by atoms with Gasteiger partial charge in [-0.2, -0.15) is 4.98 Å². The summed E-state index contributed by atoms with van der Waals surface area (Å²) in [5, 5.41) is 6.06. The number of aryl methyl sites for hydroxylation is 2. The van der Waals surface area contributed by atoms with Crippen LogP contribution in [0.4, 0.5) is 0 Å². The van der Waals surface area contributed by atoms with E-state index in [1.807, 2.05) is 16.2 Å². The summed E-state index contributed by atoms with van der Waals surface area (Å²) in [4.78, 5) is 22.1. The highest BCUT2D eigenvalue weighted by Gasteiger charge is 2.29. The van der Waals surface area contributed by atoms with Gasteiger partial charge in [0.05, 0.1) is 0 Å². The Bertz CT molecular complexity index is 696. The van der Waals surface area contributed by atoms with Crippen molar-refractivity contribution < 1.29 is 9.32 Å². The fourth-order valence-electron chi connectivity index (χ4n) is 3.24. The Balaban J connectivity index is 1.56. The third kappa shape index (κ3) is 4.02. The average Bonchev–Trinajstić information content (AvgIpc) is 3.24. The van der Waals surface area contributed by atoms with Crippen LogP contribution in [0.25, 0.3) is 0 Å². The number of aromatic nitrogens is 2. The van der Waals surface area contributed by atoms with Gasteiger partial charge in [-0.25, -0.2) is 0 Å². The molecule has 1 saturated heterocycles. The third-order valence-corrected chi connectivity index (χ3v) is 5.58. The van der Waals surface area contributed by atoms with E-state index in [1.165, 1.54) is 10.4 Å². The molecule has 3 rings (SSSR count). The summed E-state index contributed by atoms with van der Waals surface area (Å²) < 4.78 is 5.00. The van der Waals surface area contributed by atoms with Gasteiger partial charge in [0.1, 0.15) is 0 Å². The van der Waals surface area contributed by atoms with Crippen LogP contribution >= 0.6 is 11.3 Å². The number of nitrogens with zero attached hydrogens (tertiary/aromatic N) is 4. The zero-order valence-electron chi connectivity index (χ0n) is 14.5. The molecule has 3 heterocycles. The first-order valence-corrected chi connectivity index (χ1v) is 9.22. The van der Waals surface area contributed by atoms with Gasteiger partial charge in [0, 0.05) is 57.4 Å². The number of hydrogen-bond donors (Lipinski definition) is 0. The maximum atomic E-state index is 12.1. The van der Waals surface area contributed by atoms with Gasteiger partial charge in [-0.3, -0.25) is 9.69 Å². The summed E-state index contributed by atoms with van der Waals surface area (Å²) >= 11 is 1.81. The highest BCUT2D eigenvalue weighted by molar-refractivity contribution is 7.10. The minimum Gasteiger partial charge on any atom is -0.340 e. The minimum absolute atomic E-state index is 0.120. The minimum atomic E-state index is 0.120. The molecule has 0 aromatic carbocycles. The molecular weight excluding hydrogens is 324 g/mol. The molecule has 0 radical (unpaired) electrons. The van der Waals surface area contributed by atoms with Gasteiger partial charge < -0.3 is 9.42 Å². The largest absolute Gasteiger partial charge is 0.340 e. The Morgan fingerprint density at radius 2 is 2.33 bits per heavy atom. The zero-order chi connectivity index (χ0) is 17.1. The lowest BCUT2D eigenvalue weighted by Gasteiger charge is -2.27. The van der Waals surface area contributed by atoms with Crippen LogP contribution in [0, 0.1) is 13.8 Å². The lowest BCUT2D eigenvalue weighted by Crippen LogP contribution is -2.42. The summed E-state index contributed by atoms with van der Waals surface area (Å²) in [6.45, 7) is 9.18. The number of carbonyl (C=O) groups is 1. The topological polar surface area (TPSA) is 62.5 Å². The predicted octanol–water partition coefficient (Wildman–Crippen LogP) is 2.41. The van der Waals surface area contributed by atoms with Gasteiger partial charge in [-0.15, -0.1) is 11.3 Å². The number of carbonyl (C=O) groups excluding carboxylic acids is 1. The maximum Gasteiger partial charge on any atom is 0.223 e. The van der Waals surface area contributed by atoms with Gasteiger partial charge in [-0.05, 0) is 30.4 Å². The number of likely N-dealkylation sites (tertiary alicyclic amines) is 1. The standard InChI is InChI=1S/C17H24N4O2S/c1-12-6-9-24-16(12)11-20-7-4-15(10-20)21(14(3)22)8-5-17-18-13(2)23-19-17/h6,9,15H,4-5,7-8,10-11H2,1-3H3. The quantitative estimate of drug-likeness (QED) is 0.802. The zero-order valence-corrected chi connectivity index (χ0v) is 15.3. The van der Waals surface area contributed by atoms with Crippen LogP contribution in [-0.4, -0.2) is 51.5 Å². The molecule has 0 aliphatic carbocycles. The van der Waals surface area contributed by atoms with Crippen LogP contribution in [0.2, 0.25) is 0 Å². The molecule has 0 bridgehead atoms. The predicted molar refractivity (Wildman–Crippen MR) is 92.9 cm³/mol. The van der Waals surface area contributed by atoms with Crippen molar-refractivity contribution in [1.29, 1.82) is 0 Å². The highest BCUT2D eigenvalue weighted by Crippen LogP contribution is 2.23. The summed E-state index contributed by atoms with van der Waals surface area (Å²) in [5.41, 5.74) is 1.36. The monoisotopic (exact) mass is 348 g/mol. The molecule has 0 spiro atoms. The van der Waals surface area contributed by atoms with Gasteiger partial charge in [0.15, 0.2) is 5.82 Å². The van der Waals surface area contributed by atoms with E-state index < -0.39 is 0 Å². The van der Waals surface area contributed by atoms with Crippen molar-refractivity contribution in [2.45, 2.75) is 46.2 Å². The lowest BCUT2D eigenvalue weighted by molar-refractivity contribution is -0.130. The molecule has 6 nitrogen and oxygen atoms in total. The van der Waals surface area contributed by atoms with Gasteiger partial charge >= 0.3 is 0 Å². The summed E-state index contributed by atoms with van der Waals surface area (Å²) in [5.74, 6) is 1.36. The van der Waals surface area contributed by atoms with Gasteiger partial charge in [0.25, 0.3) is 0 Å². The van der Waals surface area contributed by atoms with Crippen molar-refractivity contribution in [1.82, 2.24) is 19.9 Å². The van der Waals surface area contributed by atoms with E-state index in [0.29, 0.717) is 24.7 Å². The second-order valence-electron chi connectivity index (χ2n) is 6.40. The fourth-order valence-corrected chi connectivity index (χ4v) is 4.19. The molecular formula is C17H24N4O2S. The van der Waals surface area contributed by atoms with Crippen LogP contribution in [0.15, 0.2) is 16.0 Å². The third-order valence-electron chi connectivity index (χ3n) is 4.57. The first-order chi connectivity index (χ1) is 11.5. The smallest absolute Gasteiger partial charge is 0.223 e. The second-order valence-corrected chi connectivity index (χ2v) is 7.40. The van der Waals surface area contributed by atoms with Crippen molar-refractivity contribution in [2.24, 2.45) is 0 Å². The summed E-state index contributed by atoms with van der Waals surface area (Å²) in [6.07, 6.45) is 1.66. The van der Waals surface area contributed by atoms with E-state index in [-0.39, 0.29) is 11.9 Å². The maximum absolute atomic E-state index is 12.1. The van der Waals surface area contributed by atoms with E-state index in [0.717, 1.165) is 26.1 Å². The van der Waals surface area contributed by atoms with Crippen molar-refractivity contribution >= 4 is 17.2 Å². The molecule has 24 heavy (non-hydrogen) atoms. The molecule has 130 valence electrons. The number of amides is 1. The van der Waals surface area contributed by atoms with Crippen molar-refractivity contribution in [2.75, 3.05) is 19.6 Å². The lowest BCUT2D eigenvalue weighted by atomic mass is 10.2. The van der Waals surface area contributed by atoms with Gasteiger partial charge in [-0.1, -0.05) is 5.16 Å². The number of hydrogen-bond acceptors (Lipinski definition) is 6. The molecule has 0 saturated carbocycles. The Morgan fingerprint density at radius 3 is 2.96 bits per heavy atom. The van der Waals surface area contributed by atoms with Crippen molar-refractivity contribution in [3.05, 3.63) is 33.6 Å². The molecule has 2 aromatic heterocycles. The SMILES string of the molecule is CC(=O)N(CCc1noc(C)n1)C1CCN(Cc2sccc2C)C1. The summed E-state index contributed by atoms with van der Waals surface area (Å²) in [6, 6.07) is 2.44. The van der Waals surface area contributed by atoms with E-state index in [9.17, 15) is 4.79 Å². The van der Waals surface area contributed by atoms with Crippen LogP contribution in [-0.2, 0) is 17.8 Å². The van der Waals surface area contributed by atoms with E-state index in [4.69, 9.17) is 4.52 Å². The molecule has 1 fully saturated rings. The first kappa shape index (κ1) is 17.1. The Kier molecular flexibility index (Phi) is 5.30. The number of rotatable bonds is 6. The Morgan fingerprint density at radius 1 is 1.50 bits per heavy atom. The van der Waals surface area contributed by atoms with Crippen molar-refractivity contribution in [3.8, 4) is 0 Å². The molecule has 1 aliphatic rings. The molecule has 1 unspecified atom stereocenters. The molecule has 0 N–H and O–H groups in total. The van der Waals surface area contributed by atoms with Crippen LogP contribution in [0.3, 0.4) is 0 Å². The van der Waals surface area contributed by atoms with E-state index >= 15 is 0 Å². The summed E-state index contributed by atoms with van der Waals surface area (Å²) in [7, 11) is 0. The molecule has 1 aliphatic heterocycles. The van der Waals surface area contributed by atoms with Crippen LogP contribution in [0.5, 0.6) is 0 Å². The van der Waals surface area contributed by atoms with E-state index in [2.05, 4.69) is 33.4 Å².